The Morgan fingerprint density at radius 1 is 0.771 bits per heavy atom. The number of aromatic nitrogens is 1. The summed E-state index contributed by atoms with van der Waals surface area (Å²) in [4.78, 5) is 0.219. The maximum Gasteiger partial charge on any atom is 0.243 e. The van der Waals surface area contributed by atoms with E-state index in [4.69, 9.17) is 0 Å². The number of aliphatic hydroxyl groups excluding tert-OH is 1. The number of benzene rings is 4. The van der Waals surface area contributed by atoms with Crippen LogP contribution in [0.15, 0.2) is 108 Å². The molecule has 0 aliphatic carbocycles. The van der Waals surface area contributed by atoms with Crippen molar-refractivity contribution in [1.29, 1.82) is 0 Å². The number of hydrogen-bond acceptors (Lipinski definition) is 3. The number of fused-ring (bicyclic) bond motifs is 3. The summed E-state index contributed by atoms with van der Waals surface area (Å²) in [7, 11) is -3.80. The number of aryl methyl sites for hydroxylation is 1. The van der Waals surface area contributed by atoms with Gasteiger partial charge in [-0.15, -0.1) is 0 Å². The summed E-state index contributed by atoms with van der Waals surface area (Å²) in [6.45, 7) is 2.44. The molecule has 1 unspecified atom stereocenters. The standard InChI is InChI=1S/C29H28N2O3S/c1-22-15-17-23(18-16-22)19-30(35(33,34)25-9-3-2-4-10-25)20-24(32)21-31-28-13-7-5-11-26(28)27-12-6-8-14-29(27)31/h2-18,24,32H,19-21H2,1H3. The molecule has 1 atom stereocenters. The molecule has 1 heterocycles. The monoisotopic (exact) mass is 484 g/mol. The van der Waals surface area contributed by atoms with Crippen molar-refractivity contribution in [1.82, 2.24) is 8.87 Å². The number of nitrogens with zero attached hydrogens (tertiary/aromatic N) is 2. The number of aliphatic hydroxyl groups is 1. The summed E-state index contributed by atoms with van der Waals surface area (Å²) in [5.74, 6) is 0. The van der Waals surface area contributed by atoms with Gasteiger partial charge in [-0.2, -0.15) is 4.31 Å². The van der Waals surface area contributed by atoms with Gasteiger partial charge < -0.3 is 9.67 Å². The summed E-state index contributed by atoms with van der Waals surface area (Å²) in [6, 6.07) is 32.4. The predicted molar refractivity (Wildman–Crippen MR) is 141 cm³/mol. The van der Waals surface area contributed by atoms with E-state index in [1.807, 2.05) is 67.6 Å². The Kier molecular flexibility index (Phi) is 6.43. The summed E-state index contributed by atoms with van der Waals surface area (Å²) in [5.41, 5.74) is 4.02. The molecule has 5 rings (SSSR count). The molecule has 5 nitrogen and oxygen atoms in total. The van der Waals surface area contributed by atoms with Crippen molar-refractivity contribution in [3.8, 4) is 0 Å². The quantitative estimate of drug-likeness (QED) is 0.323. The Labute approximate surface area is 205 Å². The Balaban J connectivity index is 1.48. The number of rotatable bonds is 8. The van der Waals surface area contributed by atoms with Crippen molar-refractivity contribution >= 4 is 31.8 Å². The molecule has 4 aromatic carbocycles. The van der Waals surface area contributed by atoms with E-state index < -0.39 is 16.1 Å². The third-order valence-electron chi connectivity index (χ3n) is 6.35. The van der Waals surface area contributed by atoms with Gasteiger partial charge >= 0.3 is 0 Å². The van der Waals surface area contributed by atoms with Crippen molar-refractivity contribution in [2.45, 2.75) is 31.0 Å². The zero-order chi connectivity index (χ0) is 24.4. The van der Waals surface area contributed by atoms with Gasteiger partial charge in [0.2, 0.25) is 10.0 Å². The first kappa shape index (κ1) is 23.3. The van der Waals surface area contributed by atoms with Crippen LogP contribution in [0.3, 0.4) is 0 Å². The molecular formula is C29H28N2O3S. The molecule has 0 saturated heterocycles. The van der Waals surface area contributed by atoms with E-state index in [0.29, 0.717) is 0 Å². The fraction of sp³-hybridized carbons (Fsp3) is 0.172. The lowest BCUT2D eigenvalue weighted by Crippen LogP contribution is -2.38. The largest absolute Gasteiger partial charge is 0.390 e. The lowest BCUT2D eigenvalue weighted by Gasteiger charge is -2.25. The van der Waals surface area contributed by atoms with Crippen LogP contribution >= 0.6 is 0 Å². The van der Waals surface area contributed by atoms with Gasteiger partial charge in [0.25, 0.3) is 0 Å². The molecule has 35 heavy (non-hydrogen) atoms. The zero-order valence-electron chi connectivity index (χ0n) is 19.6. The van der Waals surface area contributed by atoms with E-state index in [2.05, 4.69) is 16.7 Å². The van der Waals surface area contributed by atoms with E-state index in [1.54, 1.807) is 30.3 Å². The van der Waals surface area contributed by atoms with Crippen LogP contribution in [0.25, 0.3) is 21.8 Å². The van der Waals surface area contributed by atoms with Gasteiger partial charge in [-0.3, -0.25) is 0 Å². The Morgan fingerprint density at radius 3 is 1.91 bits per heavy atom. The highest BCUT2D eigenvalue weighted by Gasteiger charge is 2.27. The van der Waals surface area contributed by atoms with E-state index in [0.717, 1.165) is 32.9 Å². The second kappa shape index (κ2) is 9.66. The maximum atomic E-state index is 13.6. The Morgan fingerprint density at radius 2 is 1.31 bits per heavy atom. The van der Waals surface area contributed by atoms with Crippen molar-refractivity contribution < 1.29 is 13.5 Å². The van der Waals surface area contributed by atoms with Crippen LogP contribution in [-0.2, 0) is 23.1 Å². The predicted octanol–water partition coefficient (Wildman–Crippen LogP) is 5.35. The van der Waals surface area contributed by atoms with Gasteiger partial charge in [0.05, 0.1) is 17.5 Å². The Bertz CT molecular complexity index is 1510. The topological polar surface area (TPSA) is 62.5 Å². The van der Waals surface area contributed by atoms with Gasteiger partial charge in [-0.25, -0.2) is 8.42 Å². The molecule has 1 N–H and O–H groups in total. The third kappa shape index (κ3) is 4.73. The minimum Gasteiger partial charge on any atom is -0.390 e. The summed E-state index contributed by atoms with van der Waals surface area (Å²) in [6.07, 6.45) is -0.904. The molecule has 0 fully saturated rings. The lowest BCUT2D eigenvalue weighted by molar-refractivity contribution is 0.128. The molecule has 6 heteroatoms. The van der Waals surface area contributed by atoms with Crippen molar-refractivity contribution in [2.24, 2.45) is 0 Å². The number of hydrogen-bond donors (Lipinski definition) is 1. The minimum absolute atomic E-state index is 0.0219. The van der Waals surface area contributed by atoms with Gasteiger partial charge in [0.1, 0.15) is 0 Å². The fourth-order valence-electron chi connectivity index (χ4n) is 4.59. The molecule has 178 valence electrons. The molecule has 0 spiro atoms. The van der Waals surface area contributed by atoms with Gasteiger partial charge in [-0.05, 0) is 36.8 Å². The normalized spacial score (nSPS) is 13.0. The van der Waals surface area contributed by atoms with Crippen LogP contribution in [0.2, 0.25) is 0 Å². The highest BCUT2D eigenvalue weighted by atomic mass is 32.2. The third-order valence-corrected chi connectivity index (χ3v) is 8.17. The highest BCUT2D eigenvalue weighted by Crippen LogP contribution is 2.29. The smallest absolute Gasteiger partial charge is 0.243 e. The molecule has 0 aliphatic heterocycles. The summed E-state index contributed by atoms with van der Waals surface area (Å²) in [5, 5.41) is 13.4. The lowest BCUT2D eigenvalue weighted by atomic mass is 10.1. The molecule has 1 aromatic heterocycles. The molecular weight excluding hydrogens is 456 g/mol. The molecule has 0 saturated carbocycles. The Hall–Kier alpha value is -3.45. The minimum atomic E-state index is -3.80. The first-order valence-corrected chi connectivity index (χ1v) is 13.1. The first-order chi connectivity index (χ1) is 16.9. The van der Waals surface area contributed by atoms with E-state index in [1.165, 1.54) is 4.31 Å². The zero-order valence-corrected chi connectivity index (χ0v) is 20.4. The van der Waals surface area contributed by atoms with Crippen LogP contribution < -0.4 is 0 Å². The fourth-order valence-corrected chi connectivity index (χ4v) is 6.08. The maximum absolute atomic E-state index is 13.6. The number of sulfonamides is 1. The SMILES string of the molecule is Cc1ccc(CN(CC(O)Cn2c3ccccc3c3ccccc32)S(=O)(=O)c2ccccc2)cc1. The van der Waals surface area contributed by atoms with E-state index in [-0.39, 0.29) is 24.5 Å². The van der Waals surface area contributed by atoms with Crippen molar-refractivity contribution in [3.63, 3.8) is 0 Å². The van der Waals surface area contributed by atoms with E-state index in [9.17, 15) is 13.5 Å². The van der Waals surface area contributed by atoms with Crippen LogP contribution in [0, 0.1) is 6.92 Å². The molecule has 5 aromatic rings. The summed E-state index contributed by atoms with van der Waals surface area (Å²) < 4.78 is 30.6. The molecule has 0 amide bonds. The number of para-hydroxylation sites is 2. The average molecular weight is 485 g/mol. The van der Waals surface area contributed by atoms with Gasteiger partial charge in [0.15, 0.2) is 0 Å². The summed E-state index contributed by atoms with van der Waals surface area (Å²) >= 11 is 0. The van der Waals surface area contributed by atoms with Gasteiger partial charge in [-0.1, -0.05) is 84.4 Å². The van der Waals surface area contributed by atoms with E-state index >= 15 is 0 Å². The van der Waals surface area contributed by atoms with Crippen LogP contribution in [0.1, 0.15) is 11.1 Å². The molecule has 0 radical (unpaired) electrons. The van der Waals surface area contributed by atoms with Crippen molar-refractivity contribution in [2.75, 3.05) is 6.54 Å². The van der Waals surface area contributed by atoms with Gasteiger partial charge in [0, 0.05) is 34.9 Å². The second-order valence-corrected chi connectivity index (χ2v) is 10.8. The molecule has 0 bridgehead atoms. The van der Waals surface area contributed by atoms with Crippen LogP contribution in [0.5, 0.6) is 0 Å². The first-order valence-electron chi connectivity index (χ1n) is 11.7. The van der Waals surface area contributed by atoms with Crippen molar-refractivity contribution in [3.05, 3.63) is 114 Å². The average Bonchev–Trinajstić information content (AvgIpc) is 3.19. The van der Waals surface area contributed by atoms with Crippen LogP contribution in [0.4, 0.5) is 0 Å². The molecule has 0 aliphatic rings. The highest BCUT2D eigenvalue weighted by molar-refractivity contribution is 7.89. The van der Waals surface area contributed by atoms with Crippen LogP contribution in [-0.4, -0.2) is 35.0 Å². The second-order valence-electron chi connectivity index (χ2n) is 8.89.